The molecular formula is C28H37BrFN3O4S. The normalized spacial score (nSPS) is 11.2. The van der Waals surface area contributed by atoms with Gasteiger partial charge in [-0.05, 0) is 66.2 Å². The first-order chi connectivity index (χ1) is 18.1. The van der Waals surface area contributed by atoms with Crippen LogP contribution in [0.4, 0.5) is 4.39 Å². The van der Waals surface area contributed by atoms with Crippen molar-refractivity contribution in [1.82, 2.24) is 10.6 Å². The van der Waals surface area contributed by atoms with E-state index < -0.39 is 0 Å². The number of rotatable bonds is 16. The zero-order valence-corrected chi connectivity index (χ0v) is 24.4. The Morgan fingerprint density at radius 2 is 1.71 bits per heavy atom. The second-order valence-electron chi connectivity index (χ2n) is 8.25. The quantitative estimate of drug-likeness (QED) is 0.120. The number of hydrogen-bond acceptors (Lipinski definition) is 6. The molecule has 10 heteroatoms. The minimum atomic E-state index is -0.287. The van der Waals surface area contributed by atoms with Crippen LogP contribution in [0.3, 0.4) is 0 Å². The maximum atomic E-state index is 13.1. The van der Waals surface area contributed by atoms with E-state index in [1.165, 1.54) is 17.0 Å². The van der Waals surface area contributed by atoms with Crippen LogP contribution in [0.25, 0.3) is 0 Å². The van der Waals surface area contributed by atoms with E-state index in [-0.39, 0.29) is 22.8 Å². The molecule has 0 unspecified atom stereocenters. The van der Waals surface area contributed by atoms with E-state index in [1.807, 2.05) is 25.1 Å². The van der Waals surface area contributed by atoms with Crippen molar-refractivity contribution in [3.05, 3.63) is 81.8 Å². The van der Waals surface area contributed by atoms with E-state index in [4.69, 9.17) is 23.9 Å². The smallest absolute Gasteiger partial charge is 0.191 e. The fraction of sp³-hybridized carbons (Fsp3) is 0.393. The van der Waals surface area contributed by atoms with Gasteiger partial charge in [0.05, 0.1) is 39.5 Å². The lowest BCUT2D eigenvalue weighted by atomic mass is 10.1. The number of thiophene rings is 1. The van der Waals surface area contributed by atoms with Crippen molar-refractivity contribution in [2.75, 3.05) is 46.7 Å². The van der Waals surface area contributed by atoms with Crippen molar-refractivity contribution in [3.8, 4) is 11.5 Å². The number of hydrogen-bond donors (Lipinski definition) is 2. The number of ether oxygens (including phenoxy) is 4. The molecule has 3 aromatic rings. The van der Waals surface area contributed by atoms with E-state index in [2.05, 4.69) is 28.1 Å². The molecule has 0 saturated heterocycles. The number of aliphatic imine (C=N–C) groups is 1. The number of halogens is 2. The third kappa shape index (κ3) is 12.4. The summed E-state index contributed by atoms with van der Waals surface area (Å²) in [6, 6.07) is 16.1. The highest BCUT2D eigenvalue weighted by molar-refractivity contribution is 8.93. The minimum Gasteiger partial charge on any atom is -0.457 e. The molecule has 3 rings (SSSR count). The van der Waals surface area contributed by atoms with Gasteiger partial charge in [-0.15, -0.1) is 28.3 Å². The van der Waals surface area contributed by atoms with Gasteiger partial charge in [-0.3, -0.25) is 0 Å². The summed E-state index contributed by atoms with van der Waals surface area (Å²) in [5.41, 5.74) is 2.06. The summed E-state index contributed by atoms with van der Waals surface area (Å²) in [7, 11) is 1.66. The Hall–Kier alpha value is -2.50. The van der Waals surface area contributed by atoms with Gasteiger partial charge >= 0.3 is 0 Å². The van der Waals surface area contributed by atoms with Crippen LogP contribution in [-0.2, 0) is 27.3 Å². The van der Waals surface area contributed by atoms with E-state index in [1.54, 1.807) is 30.6 Å². The summed E-state index contributed by atoms with van der Waals surface area (Å²) >= 11 is 1.71. The first-order valence-electron chi connectivity index (χ1n) is 12.4. The summed E-state index contributed by atoms with van der Waals surface area (Å²) in [6.45, 7) is 6.93. The van der Waals surface area contributed by atoms with Crippen molar-refractivity contribution < 1.29 is 23.3 Å². The highest BCUT2D eigenvalue weighted by Crippen LogP contribution is 2.26. The lowest BCUT2D eigenvalue weighted by Gasteiger charge is -2.13. The Morgan fingerprint density at radius 3 is 2.42 bits per heavy atom. The molecule has 0 radical (unpaired) electrons. The summed E-state index contributed by atoms with van der Waals surface area (Å²) in [4.78, 5) is 6.02. The van der Waals surface area contributed by atoms with Crippen molar-refractivity contribution in [2.45, 2.75) is 26.4 Å². The third-order valence-electron chi connectivity index (χ3n) is 5.27. The highest BCUT2D eigenvalue weighted by Gasteiger charge is 2.05. The molecule has 0 fully saturated rings. The molecule has 0 aliphatic heterocycles. The monoisotopic (exact) mass is 609 g/mol. The third-order valence-corrected chi connectivity index (χ3v) is 6.15. The number of guanidine groups is 1. The molecule has 0 aliphatic rings. The Kier molecular flexibility index (Phi) is 15.6. The number of benzene rings is 2. The average Bonchev–Trinajstić information content (AvgIpc) is 3.43. The van der Waals surface area contributed by atoms with Gasteiger partial charge < -0.3 is 29.6 Å². The molecule has 2 aromatic carbocycles. The van der Waals surface area contributed by atoms with Crippen molar-refractivity contribution in [2.24, 2.45) is 4.99 Å². The lowest BCUT2D eigenvalue weighted by molar-refractivity contribution is 0.0245. The number of nitrogens with one attached hydrogen (secondary N) is 2. The van der Waals surface area contributed by atoms with E-state index in [0.717, 1.165) is 35.8 Å². The van der Waals surface area contributed by atoms with Gasteiger partial charge in [-0.25, -0.2) is 9.38 Å². The number of aryl methyl sites for hydroxylation is 1. The largest absolute Gasteiger partial charge is 0.457 e. The van der Waals surface area contributed by atoms with Gasteiger partial charge in [0, 0.05) is 25.1 Å². The van der Waals surface area contributed by atoms with Crippen molar-refractivity contribution in [3.63, 3.8) is 0 Å². The first kappa shape index (κ1) is 31.7. The van der Waals surface area contributed by atoms with Crippen LogP contribution in [0.2, 0.25) is 0 Å². The van der Waals surface area contributed by atoms with Crippen LogP contribution in [0, 0.1) is 12.7 Å². The molecular weight excluding hydrogens is 573 g/mol. The molecule has 1 heterocycles. The molecule has 0 spiro atoms. The summed E-state index contributed by atoms with van der Waals surface area (Å²) in [5, 5.41) is 8.87. The second kappa shape index (κ2) is 18.7. The number of nitrogens with zero attached hydrogens (tertiary/aromatic N) is 1. The first-order valence-corrected chi connectivity index (χ1v) is 13.2. The standard InChI is InChI=1S/C28H36FN3O4S.BrH/c1-22-19-23(6-11-27(22)36-25-9-7-24(29)8-10-25)20-31-28(32-21-26-5-3-18-37-26)30-12-4-13-34-16-17-35-15-14-33-2;/h3,5-11,18-19H,4,12-17,20-21H2,1-2H3,(H2,30,31,32);1H. The zero-order chi connectivity index (χ0) is 26.1. The Bertz CT molecular complexity index is 1070. The van der Waals surface area contributed by atoms with E-state index in [9.17, 15) is 4.39 Å². The highest BCUT2D eigenvalue weighted by atomic mass is 79.9. The number of methoxy groups -OCH3 is 1. The second-order valence-corrected chi connectivity index (χ2v) is 9.28. The predicted octanol–water partition coefficient (Wildman–Crippen LogP) is 5.87. The average molecular weight is 611 g/mol. The maximum absolute atomic E-state index is 13.1. The minimum absolute atomic E-state index is 0. The predicted molar refractivity (Wildman–Crippen MR) is 156 cm³/mol. The van der Waals surface area contributed by atoms with E-state index >= 15 is 0 Å². The molecule has 7 nitrogen and oxygen atoms in total. The topological polar surface area (TPSA) is 73.3 Å². The van der Waals surface area contributed by atoms with Gasteiger partial charge in [0.2, 0.25) is 0 Å². The molecule has 0 aliphatic carbocycles. The van der Waals surface area contributed by atoms with Crippen molar-refractivity contribution >= 4 is 34.3 Å². The van der Waals surface area contributed by atoms with Crippen LogP contribution in [0.1, 0.15) is 22.4 Å². The Balaban J connectivity index is 0.00000507. The van der Waals surface area contributed by atoms with Crippen LogP contribution in [0.5, 0.6) is 11.5 Å². The summed E-state index contributed by atoms with van der Waals surface area (Å²) < 4.78 is 35.0. The van der Waals surface area contributed by atoms with Crippen LogP contribution in [0.15, 0.2) is 65.0 Å². The van der Waals surface area contributed by atoms with Crippen LogP contribution >= 0.6 is 28.3 Å². The van der Waals surface area contributed by atoms with E-state index in [0.29, 0.717) is 51.9 Å². The fourth-order valence-corrected chi connectivity index (χ4v) is 3.97. The molecule has 1 aromatic heterocycles. The Morgan fingerprint density at radius 1 is 0.947 bits per heavy atom. The zero-order valence-electron chi connectivity index (χ0n) is 21.9. The van der Waals surface area contributed by atoms with Gasteiger partial charge in [-0.1, -0.05) is 18.2 Å². The molecule has 2 N–H and O–H groups in total. The molecule has 0 saturated carbocycles. The van der Waals surface area contributed by atoms with Gasteiger partial charge in [0.1, 0.15) is 17.3 Å². The maximum Gasteiger partial charge on any atom is 0.191 e. The van der Waals surface area contributed by atoms with Gasteiger partial charge in [0.25, 0.3) is 0 Å². The van der Waals surface area contributed by atoms with Crippen LogP contribution in [-0.4, -0.2) is 52.6 Å². The summed E-state index contributed by atoms with van der Waals surface area (Å²) in [6.07, 6.45) is 0.853. The molecule has 0 atom stereocenters. The molecule has 0 bridgehead atoms. The van der Waals surface area contributed by atoms with Gasteiger partial charge in [-0.2, -0.15) is 0 Å². The SMILES string of the molecule is Br.COCCOCCOCCCNC(=NCc1ccc(Oc2ccc(F)cc2)c(C)c1)NCc1cccs1. The Labute approximate surface area is 239 Å². The molecule has 38 heavy (non-hydrogen) atoms. The molecule has 0 amide bonds. The lowest BCUT2D eigenvalue weighted by Crippen LogP contribution is -2.37. The van der Waals surface area contributed by atoms with Gasteiger partial charge in [0.15, 0.2) is 5.96 Å². The van der Waals surface area contributed by atoms with Crippen LogP contribution < -0.4 is 15.4 Å². The fourth-order valence-electron chi connectivity index (χ4n) is 3.33. The van der Waals surface area contributed by atoms with Crippen molar-refractivity contribution in [1.29, 1.82) is 0 Å². The molecule has 208 valence electrons. The summed E-state index contributed by atoms with van der Waals surface area (Å²) in [5.74, 6) is 1.80.